The maximum Gasteiger partial charge on any atom is 0.0580 e. The first-order chi connectivity index (χ1) is 10.2. The summed E-state index contributed by atoms with van der Waals surface area (Å²) < 4.78 is 1.14. The Morgan fingerprint density at radius 2 is 2.00 bits per heavy atom. The van der Waals surface area contributed by atoms with Crippen LogP contribution in [0.25, 0.3) is 10.8 Å². The van der Waals surface area contributed by atoms with Crippen molar-refractivity contribution in [3.05, 3.63) is 76.0 Å². The number of pyridine rings is 1. The molecule has 1 atom stereocenters. The van der Waals surface area contributed by atoms with Gasteiger partial charge < -0.3 is 5.32 Å². The quantitative estimate of drug-likeness (QED) is 0.752. The van der Waals surface area contributed by atoms with E-state index in [4.69, 9.17) is 0 Å². The first-order valence-corrected chi connectivity index (χ1v) is 7.76. The van der Waals surface area contributed by atoms with Crippen molar-refractivity contribution in [2.45, 2.75) is 13.0 Å². The van der Waals surface area contributed by atoms with E-state index in [1.54, 1.807) is 0 Å². The predicted molar refractivity (Wildman–Crippen MR) is 91.5 cm³/mol. The smallest absolute Gasteiger partial charge is 0.0580 e. The molecule has 1 N–H and O–H groups in total. The summed E-state index contributed by atoms with van der Waals surface area (Å²) in [6, 6.07) is 15.1. The van der Waals surface area contributed by atoms with Gasteiger partial charge in [0.15, 0.2) is 0 Å². The molecule has 0 amide bonds. The molecule has 106 valence electrons. The van der Waals surface area contributed by atoms with Crippen molar-refractivity contribution in [3.63, 3.8) is 0 Å². The molecule has 0 spiro atoms. The molecule has 1 aromatic heterocycles. The molecule has 3 rings (SSSR count). The van der Waals surface area contributed by atoms with Crippen molar-refractivity contribution in [2.24, 2.45) is 0 Å². The molecule has 21 heavy (non-hydrogen) atoms. The highest BCUT2D eigenvalue weighted by Crippen LogP contribution is 2.30. The molecule has 0 aliphatic carbocycles. The Bertz CT molecular complexity index is 778. The summed E-state index contributed by atoms with van der Waals surface area (Å²) in [7, 11) is 2.00. The Kier molecular flexibility index (Phi) is 4.04. The van der Waals surface area contributed by atoms with Gasteiger partial charge in [0.2, 0.25) is 0 Å². The topological polar surface area (TPSA) is 24.9 Å². The fraction of sp³-hybridized carbons (Fsp3) is 0.167. The van der Waals surface area contributed by atoms with Crippen LogP contribution in [0.2, 0.25) is 0 Å². The molecule has 0 saturated carbocycles. The SMILES string of the molecule is CNC(c1ccc(C)c(Br)c1)c1cccc2cnccc12. The lowest BCUT2D eigenvalue weighted by atomic mass is 9.94. The lowest BCUT2D eigenvalue weighted by Gasteiger charge is -2.20. The molecule has 3 aromatic rings. The van der Waals surface area contributed by atoms with Gasteiger partial charge in [0, 0.05) is 22.3 Å². The summed E-state index contributed by atoms with van der Waals surface area (Å²) in [5.41, 5.74) is 3.77. The minimum absolute atomic E-state index is 0.160. The van der Waals surface area contributed by atoms with Gasteiger partial charge in [-0.05, 0) is 48.2 Å². The lowest BCUT2D eigenvalue weighted by molar-refractivity contribution is 0.696. The number of hydrogen-bond donors (Lipinski definition) is 1. The Balaban J connectivity index is 2.16. The van der Waals surface area contributed by atoms with Crippen LogP contribution in [0.3, 0.4) is 0 Å². The van der Waals surface area contributed by atoms with Crippen LogP contribution < -0.4 is 5.32 Å². The minimum Gasteiger partial charge on any atom is -0.309 e. The molecule has 0 bridgehead atoms. The summed E-state index contributed by atoms with van der Waals surface area (Å²) in [5, 5.41) is 5.84. The fourth-order valence-electron chi connectivity index (χ4n) is 2.69. The van der Waals surface area contributed by atoms with Crippen LogP contribution in [0, 0.1) is 6.92 Å². The van der Waals surface area contributed by atoms with Gasteiger partial charge in [0.25, 0.3) is 0 Å². The Hall–Kier alpha value is -1.71. The molecule has 0 saturated heterocycles. The van der Waals surface area contributed by atoms with Crippen molar-refractivity contribution >= 4 is 26.7 Å². The summed E-state index contributed by atoms with van der Waals surface area (Å²) >= 11 is 3.63. The van der Waals surface area contributed by atoms with E-state index in [2.05, 4.69) is 75.6 Å². The number of halogens is 1. The van der Waals surface area contributed by atoms with Gasteiger partial charge in [-0.3, -0.25) is 4.98 Å². The van der Waals surface area contributed by atoms with Crippen molar-refractivity contribution in [3.8, 4) is 0 Å². The van der Waals surface area contributed by atoms with Crippen LogP contribution in [0.4, 0.5) is 0 Å². The van der Waals surface area contributed by atoms with Crippen molar-refractivity contribution < 1.29 is 0 Å². The first kappa shape index (κ1) is 14.2. The van der Waals surface area contributed by atoms with E-state index in [9.17, 15) is 0 Å². The van der Waals surface area contributed by atoms with Crippen LogP contribution in [0.15, 0.2) is 59.3 Å². The van der Waals surface area contributed by atoms with Crippen molar-refractivity contribution in [1.29, 1.82) is 0 Å². The first-order valence-electron chi connectivity index (χ1n) is 6.96. The zero-order chi connectivity index (χ0) is 14.8. The number of nitrogens with zero attached hydrogens (tertiary/aromatic N) is 1. The summed E-state index contributed by atoms with van der Waals surface area (Å²) in [4.78, 5) is 4.21. The predicted octanol–water partition coefficient (Wildman–Crippen LogP) is 4.61. The van der Waals surface area contributed by atoms with Gasteiger partial charge in [0.05, 0.1) is 6.04 Å². The maximum absolute atomic E-state index is 4.21. The molecule has 1 unspecified atom stereocenters. The number of fused-ring (bicyclic) bond motifs is 1. The number of rotatable bonds is 3. The number of nitrogens with one attached hydrogen (secondary N) is 1. The van der Waals surface area contributed by atoms with E-state index < -0.39 is 0 Å². The van der Waals surface area contributed by atoms with E-state index in [0.29, 0.717) is 0 Å². The Morgan fingerprint density at radius 1 is 1.14 bits per heavy atom. The third kappa shape index (κ3) is 2.71. The number of aromatic nitrogens is 1. The molecule has 2 nitrogen and oxygen atoms in total. The van der Waals surface area contributed by atoms with Gasteiger partial charge in [0.1, 0.15) is 0 Å². The molecule has 2 aromatic carbocycles. The minimum atomic E-state index is 0.160. The van der Waals surface area contributed by atoms with E-state index in [1.165, 1.54) is 27.5 Å². The van der Waals surface area contributed by atoms with Gasteiger partial charge >= 0.3 is 0 Å². The van der Waals surface area contributed by atoms with Crippen molar-refractivity contribution in [2.75, 3.05) is 7.05 Å². The highest BCUT2D eigenvalue weighted by atomic mass is 79.9. The van der Waals surface area contributed by atoms with Gasteiger partial charge in [-0.2, -0.15) is 0 Å². The van der Waals surface area contributed by atoms with Crippen LogP contribution in [0.5, 0.6) is 0 Å². The van der Waals surface area contributed by atoms with E-state index in [-0.39, 0.29) is 6.04 Å². The maximum atomic E-state index is 4.21. The molecule has 1 heterocycles. The Morgan fingerprint density at radius 3 is 2.76 bits per heavy atom. The molecule has 3 heteroatoms. The Labute approximate surface area is 133 Å². The van der Waals surface area contributed by atoms with E-state index in [1.807, 2.05) is 19.4 Å². The molecular formula is C18H17BrN2. The van der Waals surface area contributed by atoms with Crippen LogP contribution in [-0.2, 0) is 0 Å². The zero-order valence-electron chi connectivity index (χ0n) is 12.1. The molecule has 0 aliphatic heterocycles. The van der Waals surface area contributed by atoms with Gasteiger partial charge in [-0.15, -0.1) is 0 Å². The third-order valence-electron chi connectivity index (χ3n) is 3.84. The standard InChI is InChI=1S/C18H17BrN2/c1-12-6-7-13(10-17(12)19)18(20-2)16-5-3-4-14-11-21-9-8-15(14)16/h3-11,18,20H,1-2H3. The molecule has 0 fully saturated rings. The number of benzene rings is 2. The highest BCUT2D eigenvalue weighted by molar-refractivity contribution is 9.10. The van der Waals surface area contributed by atoms with Crippen LogP contribution in [-0.4, -0.2) is 12.0 Å². The fourth-order valence-corrected chi connectivity index (χ4v) is 3.09. The van der Waals surface area contributed by atoms with E-state index >= 15 is 0 Å². The second-order valence-electron chi connectivity index (χ2n) is 5.17. The molecule has 0 radical (unpaired) electrons. The summed E-state index contributed by atoms with van der Waals surface area (Å²) in [5.74, 6) is 0. The summed E-state index contributed by atoms with van der Waals surface area (Å²) in [6.07, 6.45) is 3.76. The average molecular weight is 341 g/mol. The van der Waals surface area contributed by atoms with Crippen LogP contribution >= 0.6 is 15.9 Å². The number of aryl methyl sites for hydroxylation is 1. The normalized spacial score (nSPS) is 12.5. The largest absolute Gasteiger partial charge is 0.309 e. The second-order valence-corrected chi connectivity index (χ2v) is 6.03. The highest BCUT2D eigenvalue weighted by Gasteiger charge is 2.15. The summed E-state index contributed by atoms with van der Waals surface area (Å²) in [6.45, 7) is 2.10. The lowest BCUT2D eigenvalue weighted by Crippen LogP contribution is -2.18. The second kappa shape index (κ2) is 5.96. The molecule has 0 aliphatic rings. The van der Waals surface area contributed by atoms with Gasteiger partial charge in [-0.25, -0.2) is 0 Å². The third-order valence-corrected chi connectivity index (χ3v) is 4.70. The van der Waals surface area contributed by atoms with Crippen LogP contribution in [0.1, 0.15) is 22.7 Å². The number of hydrogen-bond acceptors (Lipinski definition) is 2. The van der Waals surface area contributed by atoms with Crippen molar-refractivity contribution in [1.82, 2.24) is 10.3 Å². The monoisotopic (exact) mass is 340 g/mol. The van der Waals surface area contributed by atoms with E-state index in [0.717, 1.165) is 4.47 Å². The average Bonchev–Trinajstić information content (AvgIpc) is 2.52. The molecular weight excluding hydrogens is 324 g/mol. The zero-order valence-corrected chi connectivity index (χ0v) is 13.7. The van der Waals surface area contributed by atoms with Gasteiger partial charge in [-0.1, -0.05) is 46.3 Å².